The van der Waals surface area contributed by atoms with Gasteiger partial charge in [0.15, 0.2) is 0 Å². The summed E-state index contributed by atoms with van der Waals surface area (Å²) in [6.07, 6.45) is 5.04. The number of carbonyl (C=O) groups is 1. The van der Waals surface area contributed by atoms with Crippen molar-refractivity contribution < 1.29 is 14.5 Å². The number of rotatable bonds is 9. The lowest BCUT2D eigenvalue weighted by atomic mass is 10.2. The van der Waals surface area contributed by atoms with Crippen LogP contribution in [0, 0.1) is 16.0 Å². The Labute approximate surface area is 133 Å². The Bertz CT molecular complexity index is 546. The van der Waals surface area contributed by atoms with E-state index in [1.54, 1.807) is 18.4 Å². The Kier molecular flexibility index (Phi) is 6.21. The third-order valence-corrected chi connectivity index (χ3v) is 4.22. The third-order valence-electron chi connectivity index (χ3n) is 3.44. The molecule has 0 atom stereocenters. The zero-order valence-corrected chi connectivity index (χ0v) is 13.4. The van der Waals surface area contributed by atoms with Crippen LogP contribution in [0.15, 0.2) is 23.1 Å². The van der Waals surface area contributed by atoms with Gasteiger partial charge in [-0.2, -0.15) is 0 Å². The normalized spacial score (nSPS) is 13.9. The summed E-state index contributed by atoms with van der Waals surface area (Å²) in [5, 5.41) is 13.7. The second-order valence-corrected chi connectivity index (χ2v) is 6.12. The number of thioether (sulfide) groups is 1. The van der Waals surface area contributed by atoms with E-state index in [2.05, 4.69) is 5.32 Å². The van der Waals surface area contributed by atoms with E-state index < -0.39 is 4.92 Å². The monoisotopic (exact) mass is 324 g/mol. The molecule has 6 nitrogen and oxygen atoms in total. The average molecular weight is 324 g/mol. The lowest BCUT2D eigenvalue weighted by Gasteiger charge is -2.07. The maximum absolute atomic E-state index is 12.0. The van der Waals surface area contributed by atoms with Crippen molar-refractivity contribution >= 4 is 23.4 Å². The fourth-order valence-electron chi connectivity index (χ4n) is 1.99. The van der Waals surface area contributed by atoms with Crippen LogP contribution in [0.1, 0.15) is 29.6 Å². The number of nitro groups is 1. The summed E-state index contributed by atoms with van der Waals surface area (Å²) in [4.78, 5) is 23.1. The second-order valence-electron chi connectivity index (χ2n) is 5.27. The van der Waals surface area contributed by atoms with E-state index >= 15 is 0 Å². The van der Waals surface area contributed by atoms with E-state index in [1.807, 2.05) is 0 Å². The second kappa shape index (κ2) is 8.14. The topological polar surface area (TPSA) is 81.5 Å². The number of nitrogens with zero attached hydrogens (tertiary/aromatic N) is 1. The van der Waals surface area contributed by atoms with Gasteiger partial charge in [-0.25, -0.2) is 0 Å². The Morgan fingerprint density at radius 2 is 2.27 bits per heavy atom. The molecule has 7 heteroatoms. The summed E-state index contributed by atoms with van der Waals surface area (Å²) in [5.41, 5.74) is 0.274. The summed E-state index contributed by atoms with van der Waals surface area (Å²) in [6.45, 7) is 1.94. The number of benzene rings is 1. The van der Waals surface area contributed by atoms with Crippen LogP contribution in [-0.2, 0) is 4.74 Å². The molecule has 1 N–H and O–H groups in total. The highest BCUT2D eigenvalue weighted by atomic mass is 32.2. The van der Waals surface area contributed by atoms with Crippen molar-refractivity contribution in [1.82, 2.24) is 5.32 Å². The predicted octanol–water partition coefficient (Wildman–Crippen LogP) is 2.86. The maximum atomic E-state index is 12.0. The molecule has 1 aromatic rings. The van der Waals surface area contributed by atoms with E-state index in [9.17, 15) is 14.9 Å². The predicted molar refractivity (Wildman–Crippen MR) is 85.4 cm³/mol. The molecule has 120 valence electrons. The van der Waals surface area contributed by atoms with Crippen molar-refractivity contribution in [3.05, 3.63) is 33.9 Å². The van der Waals surface area contributed by atoms with Crippen LogP contribution in [-0.4, -0.2) is 36.8 Å². The molecule has 0 unspecified atom stereocenters. The Balaban J connectivity index is 1.78. The molecule has 2 rings (SSSR count). The summed E-state index contributed by atoms with van der Waals surface area (Å²) >= 11 is 1.29. The molecule has 0 saturated heterocycles. The van der Waals surface area contributed by atoms with Crippen LogP contribution in [0.3, 0.4) is 0 Å². The highest BCUT2D eigenvalue weighted by Gasteiger charge is 2.21. The minimum atomic E-state index is -0.464. The highest BCUT2D eigenvalue weighted by Crippen LogP contribution is 2.29. The fraction of sp³-hybridized carbons (Fsp3) is 0.533. The van der Waals surface area contributed by atoms with Gasteiger partial charge in [0.2, 0.25) is 0 Å². The summed E-state index contributed by atoms with van der Waals surface area (Å²) in [5.74, 6) is 0.447. The van der Waals surface area contributed by atoms with Gasteiger partial charge in [0, 0.05) is 31.4 Å². The van der Waals surface area contributed by atoms with E-state index in [0.717, 1.165) is 18.9 Å². The Hall–Kier alpha value is -1.60. The first kappa shape index (κ1) is 16.8. The van der Waals surface area contributed by atoms with E-state index in [1.165, 1.54) is 30.7 Å². The molecule has 0 aliphatic heterocycles. The van der Waals surface area contributed by atoms with Crippen molar-refractivity contribution in [3.8, 4) is 0 Å². The quantitative estimate of drug-likeness (QED) is 0.327. The van der Waals surface area contributed by atoms with Crippen LogP contribution in [0.5, 0.6) is 0 Å². The first-order valence-electron chi connectivity index (χ1n) is 7.30. The van der Waals surface area contributed by atoms with Gasteiger partial charge in [0.1, 0.15) is 0 Å². The van der Waals surface area contributed by atoms with Crippen LogP contribution >= 0.6 is 11.8 Å². The van der Waals surface area contributed by atoms with Crippen molar-refractivity contribution in [2.24, 2.45) is 5.92 Å². The molecule has 22 heavy (non-hydrogen) atoms. The van der Waals surface area contributed by atoms with Gasteiger partial charge >= 0.3 is 0 Å². The van der Waals surface area contributed by atoms with Gasteiger partial charge < -0.3 is 10.1 Å². The molecule has 0 spiro atoms. The van der Waals surface area contributed by atoms with Crippen LogP contribution in [0.2, 0.25) is 0 Å². The number of nitrogens with one attached hydrogen (secondary N) is 1. The molecule has 0 aromatic heterocycles. The number of amides is 1. The van der Waals surface area contributed by atoms with Crippen molar-refractivity contribution in [2.75, 3.05) is 26.0 Å². The van der Waals surface area contributed by atoms with Gasteiger partial charge in [0.25, 0.3) is 11.6 Å². The minimum Gasteiger partial charge on any atom is -0.381 e. The van der Waals surface area contributed by atoms with Crippen molar-refractivity contribution in [1.29, 1.82) is 0 Å². The minimum absolute atomic E-state index is 0.0343. The fourth-order valence-corrected chi connectivity index (χ4v) is 2.53. The number of hydrogen-bond donors (Lipinski definition) is 1. The average Bonchev–Trinajstić information content (AvgIpc) is 3.34. The molecule has 1 aliphatic rings. The van der Waals surface area contributed by atoms with E-state index in [-0.39, 0.29) is 11.6 Å². The number of hydrogen-bond acceptors (Lipinski definition) is 5. The van der Waals surface area contributed by atoms with E-state index in [4.69, 9.17) is 4.74 Å². The molecular formula is C15H20N2O4S. The maximum Gasteiger partial charge on any atom is 0.283 e. The number of ether oxygens (including phenoxy) is 1. The zero-order chi connectivity index (χ0) is 15.9. The molecule has 1 saturated carbocycles. The van der Waals surface area contributed by atoms with Gasteiger partial charge in [-0.15, -0.1) is 11.8 Å². The smallest absolute Gasteiger partial charge is 0.283 e. The van der Waals surface area contributed by atoms with Crippen molar-refractivity contribution in [3.63, 3.8) is 0 Å². The zero-order valence-electron chi connectivity index (χ0n) is 12.5. The number of nitro benzene ring substituents is 1. The largest absolute Gasteiger partial charge is 0.381 e. The third kappa shape index (κ3) is 4.99. The Morgan fingerprint density at radius 1 is 1.50 bits per heavy atom. The van der Waals surface area contributed by atoms with Crippen LogP contribution < -0.4 is 5.32 Å². The van der Waals surface area contributed by atoms with Gasteiger partial charge in [0.05, 0.1) is 9.82 Å². The molecular weight excluding hydrogens is 304 g/mol. The first-order valence-corrected chi connectivity index (χ1v) is 8.52. The van der Waals surface area contributed by atoms with Crippen molar-refractivity contribution in [2.45, 2.75) is 24.2 Å². The van der Waals surface area contributed by atoms with Crippen LogP contribution in [0.25, 0.3) is 0 Å². The standard InChI is InChI=1S/C15H20N2O4S/c1-22-14-6-5-12(9-13(14)17(19)20)15(18)16-7-2-8-21-10-11-3-4-11/h5-6,9,11H,2-4,7-8,10H2,1H3,(H,16,18). The van der Waals surface area contributed by atoms with E-state index in [0.29, 0.717) is 23.6 Å². The molecule has 0 bridgehead atoms. The van der Waals surface area contributed by atoms with Gasteiger partial charge in [-0.05, 0) is 43.6 Å². The molecule has 1 fully saturated rings. The lowest BCUT2D eigenvalue weighted by molar-refractivity contribution is -0.387. The summed E-state index contributed by atoms with van der Waals surface area (Å²) in [6, 6.07) is 4.54. The first-order chi connectivity index (χ1) is 10.6. The SMILES string of the molecule is CSc1ccc(C(=O)NCCCOCC2CC2)cc1[N+](=O)[O-]. The van der Waals surface area contributed by atoms with Crippen LogP contribution in [0.4, 0.5) is 5.69 Å². The van der Waals surface area contributed by atoms with Gasteiger partial charge in [-0.1, -0.05) is 0 Å². The Morgan fingerprint density at radius 3 is 2.91 bits per heavy atom. The summed E-state index contributed by atoms with van der Waals surface area (Å²) < 4.78 is 5.48. The van der Waals surface area contributed by atoms with Gasteiger partial charge in [-0.3, -0.25) is 14.9 Å². The number of carbonyl (C=O) groups excluding carboxylic acids is 1. The molecule has 0 heterocycles. The molecule has 1 aromatic carbocycles. The molecule has 1 amide bonds. The summed E-state index contributed by atoms with van der Waals surface area (Å²) in [7, 11) is 0. The lowest BCUT2D eigenvalue weighted by Crippen LogP contribution is -2.25. The molecule has 0 radical (unpaired) electrons. The molecule has 1 aliphatic carbocycles. The highest BCUT2D eigenvalue weighted by molar-refractivity contribution is 7.98.